The number of rotatable bonds is 6. The Morgan fingerprint density at radius 3 is 2.95 bits per heavy atom. The SMILES string of the molecule is CCN(CC(=O)Nc1cccc(Cl)c1)C1CCCC1CN. The van der Waals surface area contributed by atoms with Crippen LogP contribution >= 0.6 is 11.6 Å². The van der Waals surface area contributed by atoms with Crippen molar-refractivity contribution >= 4 is 23.2 Å². The summed E-state index contributed by atoms with van der Waals surface area (Å²) in [5.41, 5.74) is 6.59. The molecule has 2 rings (SSSR count). The number of carbonyl (C=O) groups is 1. The Morgan fingerprint density at radius 2 is 2.29 bits per heavy atom. The number of nitrogens with zero attached hydrogens (tertiary/aromatic N) is 1. The van der Waals surface area contributed by atoms with Gasteiger partial charge in [-0.3, -0.25) is 9.69 Å². The fraction of sp³-hybridized carbons (Fsp3) is 0.562. The Kier molecular flexibility index (Phi) is 6.03. The van der Waals surface area contributed by atoms with Crippen LogP contribution in [-0.2, 0) is 4.79 Å². The van der Waals surface area contributed by atoms with Gasteiger partial charge < -0.3 is 11.1 Å². The lowest BCUT2D eigenvalue weighted by atomic mass is 10.0. The van der Waals surface area contributed by atoms with Crippen LogP contribution in [0.1, 0.15) is 26.2 Å². The zero-order valence-electron chi connectivity index (χ0n) is 12.5. The van der Waals surface area contributed by atoms with E-state index in [1.807, 2.05) is 12.1 Å². The predicted molar refractivity (Wildman–Crippen MR) is 87.5 cm³/mol. The summed E-state index contributed by atoms with van der Waals surface area (Å²) in [4.78, 5) is 14.5. The first kappa shape index (κ1) is 16.3. The summed E-state index contributed by atoms with van der Waals surface area (Å²) >= 11 is 5.93. The first-order valence-electron chi connectivity index (χ1n) is 7.63. The van der Waals surface area contributed by atoms with Gasteiger partial charge in [0.15, 0.2) is 0 Å². The lowest BCUT2D eigenvalue weighted by Gasteiger charge is -2.31. The molecule has 0 radical (unpaired) electrons. The zero-order chi connectivity index (χ0) is 15.2. The minimum atomic E-state index is 0.00166. The number of carbonyl (C=O) groups excluding carboxylic acids is 1. The number of halogens is 1. The highest BCUT2D eigenvalue weighted by atomic mass is 35.5. The lowest BCUT2D eigenvalue weighted by Crippen LogP contribution is -2.44. The predicted octanol–water partition coefficient (Wildman–Crippen LogP) is 2.73. The Labute approximate surface area is 131 Å². The van der Waals surface area contributed by atoms with Gasteiger partial charge in [-0.25, -0.2) is 0 Å². The Morgan fingerprint density at radius 1 is 1.48 bits per heavy atom. The molecule has 1 saturated carbocycles. The largest absolute Gasteiger partial charge is 0.330 e. The van der Waals surface area contributed by atoms with E-state index in [0.717, 1.165) is 18.7 Å². The van der Waals surface area contributed by atoms with Crippen molar-refractivity contribution in [3.8, 4) is 0 Å². The van der Waals surface area contributed by atoms with Crippen molar-refractivity contribution in [3.05, 3.63) is 29.3 Å². The molecule has 116 valence electrons. The second-order valence-corrected chi connectivity index (χ2v) is 6.05. The van der Waals surface area contributed by atoms with Gasteiger partial charge in [-0.05, 0) is 50.0 Å². The van der Waals surface area contributed by atoms with Crippen LogP contribution in [0.5, 0.6) is 0 Å². The standard InChI is InChI=1S/C16H24ClN3O/c1-2-20(15-8-3-5-12(15)10-18)11-16(21)19-14-7-4-6-13(17)9-14/h4,6-7,9,12,15H,2-3,5,8,10-11,18H2,1H3,(H,19,21). The van der Waals surface area contributed by atoms with E-state index in [2.05, 4.69) is 17.1 Å². The summed E-state index contributed by atoms with van der Waals surface area (Å²) in [6.07, 6.45) is 3.52. The number of nitrogens with one attached hydrogen (secondary N) is 1. The molecule has 1 aliphatic carbocycles. The summed E-state index contributed by atoms with van der Waals surface area (Å²) < 4.78 is 0. The third kappa shape index (κ3) is 4.43. The summed E-state index contributed by atoms with van der Waals surface area (Å²) in [7, 11) is 0. The van der Waals surface area contributed by atoms with Crippen molar-refractivity contribution in [2.45, 2.75) is 32.2 Å². The van der Waals surface area contributed by atoms with Crippen LogP contribution in [0.2, 0.25) is 5.02 Å². The molecule has 1 aromatic rings. The monoisotopic (exact) mass is 309 g/mol. The van der Waals surface area contributed by atoms with E-state index in [-0.39, 0.29) is 5.91 Å². The highest BCUT2D eigenvalue weighted by Gasteiger charge is 2.31. The van der Waals surface area contributed by atoms with E-state index in [0.29, 0.717) is 30.1 Å². The van der Waals surface area contributed by atoms with Crippen molar-refractivity contribution in [2.75, 3.05) is 25.0 Å². The van der Waals surface area contributed by atoms with Gasteiger partial charge in [0.25, 0.3) is 0 Å². The molecule has 21 heavy (non-hydrogen) atoms. The second kappa shape index (κ2) is 7.78. The summed E-state index contributed by atoms with van der Waals surface area (Å²) in [5, 5.41) is 3.53. The molecule has 2 atom stereocenters. The van der Waals surface area contributed by atoms with Crippen molar-refractivity contribution in [2.24, 2.45) is 11.7 Å². The molecule has 0 saturated heterocycles. The van der Waals surface area contributed by atoms with E-state index in [4.69, 9.17) is 17.3 Å². The van der Waals surface area contributed by atoms with Gasteiger partial charge in [-0.2, -0.15) is 0 Å². The van der Waals surface area contributed by atoms with E-state index >= 15 is 0 Å². The number of amides is 1. The van der Waals surface area contributed by atoms with Gasteiger partial charge in [0.2, 0.25) is 5.91 Å². The van der Waals surface area contributed by atoms with Crippen LogP contribution in [0.15, 0.2) is 24.3 Å². The maximum absolute atomic E-state index is 12.2. The van der Waals surface area contributed by atoms with Crippen LogP contribution in [0.3, 0.4) is 0 Å². The minimum absolute atomic E-state index is 0.00166. The van der Waals surface area contributed by atoms with Gasteiger partial charge in [-0.1, -0.05) is 31.0 Å². The Hall–Kier alpha value is -1.10. The third-order valence-electron chi connectivity index (χ3n) is 4.25. The number of anilines is 1. The van der Waals surface area contributed by atoms with E-state index < -0.39 is 0 Å². The number of hydrogen-bond acceptors (Lipinski definition) is 3. The van der Waals surface area contributed by atoms with Crippen molar-refractivity contribution in [3.63, 3.8) is 0 Å². The molecular formula is C16H24ClN3O. The molecule has 0 aromatic heterocycles. The van der Waals surface area contributed by atoms with Gasteiger partial charge in [-0.15, -0.1) is 0 Å². The molecule has 5 heteroatoms. The Bertz CT molecular complexity index is 480. The summed E-state index contributed by atoms with van der Waals surface area (Å²) in [6, 6.07) is 7.66. The normalized spacial score (nSPS) is 21.7. The number of nitrogens with two attached hydrogens (primary N) is 1. The average Bonchev–Trinajstić information content (AvgIpc) is 2.93. The third-order valence-corrected chi connectivity index (χ3v) is 4.49. The zero-order valence-corrected chi connectivity index (χ0v) is 13.3. The van der Waals surface area contributed by atoms with Gasteiger partial charge in [0, 0.05) is 16.8 Å². The molecule has 4 nitrogen and oxygen atoms in total. The van der Waals surface area contributed by atoms with Crippen LogP contribution in [0.25, 0.3) is 0 Å². The van der Waals surface area contributed by atoms with Crippen LogP contribution in [0.4, 0.5) is 5.69 Å². The van der Waals surface area contributed by atoms with Crippen LogP contribution < -0.4 is 11.1 Å². The van der Waals surface area contributed by atoms with Crippen molar-refractivity contribution in [1.82, 2.24) is 4.90 Å². The van der Waals surface area contributed by atoms with Gasteiger partial charge in [0.1, 0.15) is 0 Å². The smallest absolute Gasteiger partial charge is 0.238 e. The fourth-order valence-electron chi connectivity index (χ4n) is 3.19. The van der Waals surface area contributed by atoms with E-state index in [1.54, 1.807) is 12.1 Å². The number of benzene rings is 1. The highest BCUT2D eigenvalue weighted by molar-refractivity contribution is 6.30. The average molecular weight is 310 g/mol. The summed E-state index contributed by atoms with van der Waals surface area (Å²) in [5.74, 6) is 0.519. The topological polar surface area (TPSA) is 58.4 Å². The molecule has 1 aromatic carbocycles. The maximum Gasteiger partial charge on any atom is 0.238 e. The summed E-state index contributed by atoms with van der Waals surface area (Å²) in [6.45, 7) is 4.07. The molecule has 1 fully saturated rings. The van der Waals surface area contributed by atoms with E-state index in [1.165, 1.54) is 12.8 Å². The van der Waals surface area contributed by atoms with Crippen molar-refractivity contribution < 1.29 is 4.79 Å². The number of hydrogen-bond donors (Lipinski definition) is 2. The maximum atomic E-state index is 12.2. The fourth-order valence-corrected chi connectivity index (χ4v) is 3.38. The van der Waals surface area contributed by atoms with Crippen LogP contribution in [0, 0.1) is 5.92 Å². The quantitative estimate of drug-likeness (QED) is 0.849. The van der Waals surface area contributed by atoms with Crippen LogP contribution in [-0.4, -0.2) is 36.5 Å². The number of likely N-dealkylation sites (N-methyl/N-ethyl adjacent to an activating group) is 1. The van der Waals surface area contributed by atoms with E-state index in [9.17, 15) is 4.79 Å². The molecular weight excluding hydrogens is 286 g/mol. The molecule has 0 spiro atoms. The highest BCUT2D eigenvalue weighted by Crippen LogP contribution is 2.29. The molecule has 1 amide bonds. The van der Waals surface area contributed by atoms with Gasteiger partial charge >= 0.3 is 0 Å². The van der Waals surface area contributed by atoms with Crippen molar-refractivity contribution in [1.29, 1.82) is 0 Å². The first-order valence-corrected chi connectivity index (χ1v) is 8.01. The van der Waals surface area contributed by atoms with Gasteiger partial charge in [0.05, 0.1) is 6.54 Å². The molecule has 0 heterocycles. The molecule has 0 aliphatic heterocycles. The molecule has 2 unspecified atom stereocenters. The Balaban J connectivity index is 1.93. The second-order valence-electron chi connectivity index (χ2n) is 5.62. The minimum Gasteiger partial charge on any atom is -0.330 e. The molecule has 1 aliphatic rings. The molecule has 3 N–H and O–H groups in total. The lowest BCUT2D eigenvalue weighted by molar-refractivity contribution is -0.118. The molecule has 0 bridgehead atoms. The first-order chi connectivity index (χ1) is 10.1.